The Balaban J connectivity index is 1.36. The molecule has 1 aliphatic heterocycles. The number of carbonyl (C=O) groups excluding carboxylic acids is 1. The van der Waals surface area contributed by atoms with E-state index in [1.807, 2.05) is 60.9 Å². The number of hydrogen-bond donors (Lipinski definition) is 1. The molecule has 36 heavy (non-hydrogen) atoms. The maximum Gasteiger partial charge on any atom is 0.302 e. The first kappa shape index (κ1) is 24.5. The highest BCUT2D eigenvalue weighted by molar-refractivity contribution is 5.95. The van der Waals surface area contributed by atoms with Gasteiger partial charge in [0.05, 0.1) is 12.2 Å². The summed E-state index contributed by atoms with van der Waals surface area (Å²) in [6, 6.07) is 14.0. The molecule has 0 radical (unpaired) electrons. The van der Waals surface area contributed by atoms with Crippen LogP contribution < -0.4 is 4.74 Å². The Morgan fingerprint density at radius 3 is 2.69 bits per heavy atom. The molecule has 7 nitrogen and oxygen atoms in total. The van der Waals surface area contributed by atoms with Crippen LogP contribution in [0.25, 0.3) is 10.9 Å². The fraction of sp³-hybridized carbons (Fsp3) is 0.483. The van der Waals surface area contributed by atoms with Gasteiger partial charge in [-0.25, -0.2) is 0 Å². The van der Waals surface area contributed by atoms with Crippen molar-refractivity contribution in [2.45, 2.75) is 66.6 Å². The number of aromatic nitrogens is 1. The van der Waals surface area contributed by atoms with Crippen LogP contribution in [0.2, 0.25) is 0 Å². The summed E-state index contributed by atoms with van der Waals surface area (Å²) in [7, 11) is 0. The van der Waals surface area contributed by atoms with Gasteiger partial charge in [0, 0.05) is 18.0 Å². The molecule has 1 amide bonds. The van der Waals surface area contributed by atoms with Crippen LogP contribution in [0.5, 0.6) is 11.6 Å². The summed E-state index contributed by atoms with van der Waals surface area (Å²) in [6.07, 6.45) is 3.57. The molecular weight excluding hydrogens is 452 g/mol. The number of likely N-dealkylation sites (tertiary alicyclic amines) is 1. The lowest BCUT2D eigenvalue weighted by Crippen LogP contribution is -2.35. The lowest BCUT2D eigenvalue weighted by Gasteiger charge is -2.40. The number of aromatic hydroxyl groups is 1. The second-order valence-corrected chi connectivity index (χ2v) is 11.8. The summed E-state index contributed by atoms with van der Waals surface area (Å²) in [5.74, 6) is 0.190. The molecule has 2 aromatic carbocycles. The Hall–Kier alpha value is -3.19. The fourth-order valence-electron chi connectivity index (χ4n) is 6.59. The fourth-order valence-corrected chi connectivity index (χ4v) is 6.59. The largest absolute Gasteiger partial charge is 0.493 e. The van der Waals surface area contributed by atoms with Crippen molar-refractivity contribution in [2.75, 3.05) is 13.2 Å². The zero-order valence-electron chi connectivity index (χ0n) is 21.9. The third-order valence-corrected chi connectivity index (χ3v) is 7.93. The first-order valence-electron chi connectivity index (χ1n) is 12.7. The molecule has 5 rings (SSSR count). The van der Waals surface area contributed by atoms with Gasteiger partial charge in [-0.2, -0.15) is 0 Å². The minimum atomic E-state index is -0.504. The van der Waals surface area contributed by atoms with E-state index in [1.54, 1.807) is 0 Å². The highest BCUT2D eigenvalue weighted by Gasteiger charge is 2.49. The molecule has 190 valence electrons. The quantitative estimate of drug-likeness (QED) is 0.401. The van der Waals surface area contributed by atoms with Crippen molar-refractivity contribution in [1.29, 1.82) is 0 Å². The van der Waals surface area contributed by atoms with E-state index in [4.69, 9.17) is 4.74 Å². The molecule has 1 N–H and O–H groups in total. The van der Waals surface area contributed by atoms with Gasteiger partial charge in [0.15, 0.2) is 12.3 Å². The summed E-state index contributed by atoms with van der Waals surface area (Å²) in [5.41, 5.74) is 3.92. The van der Waals surface area contributed by atoms with E-state index in [1.165, 1.54) is 12.8 Å². The number of azo groups is 1. The SMILES string of the molecule is Cc1cccc(OCC(=O)N=Nc2c(O)n(CN3C[C@]4(C)C[C@@H]3CC(C)(C)C4)c3ccccc23)c1C. The molecule has 2 fully saturated rings. The average molecular weight is 489 g/mol. The molecule has 2 aliphatic rings. The molecule has 2 atom stereocenters. The standard InChI is InChI=1S/C29H36N4O3/c1-19-9-8-12-24(20(19)2)36-15-25(34)30-31-26-22-10-6-7-11-23(22)33(27(26)35)18-32-17-29(5)14-21(32)13-28(3,4)16-29/h6-12,21,35H,13-18H2,1-5H3/t21-,29+/m0/s1. The minimum Gasteiger partial charge on any atom is -0.493 e. The summed E-state index contributed by atoms with van der Waals surface area (Å²) in [6.45, 7) is 12.5. The van der Waals surface area contributed by atoms with E-state index < -0.39 is 5.91 Å². The van der Waals surface area contributed by atoms with Crippen LogP contribution in [0.1, 0.15) is 51.2 Å². The predicted octanol–water partition coefficient (Wildman–Crippen LogP) is 6.51. The Morgan fingerprint density at radius 1 is 1.11 bits per heavy atom. The summed E-state index contributed by atoms with van der Waals surface area (Å²) >= 11 is 0. The molecule has 2 heterocycles. The monoisotopic (exact) mass is 488 g/mol. The minimum absolute atomic E-state index is 0.0362. The van der Waals surface area contributed by atoms with Crippen molar-refractivity contribution in [3.05, 3.63) is 53.6 Å². The van der Waals surface area contributed by atoms with Crippen molar-refractivity contribution in [3.8, 4) is 11.6 Å². The number of carbonyl (C=O) groups is 1. The Bertz CT molecular complexity index is 1340. The molecule has 1 saturated heterocycles. The highest BCUT2D eigenvalue weighted by atomic mass is 16.5. The molecular formula is C29H36N4O3. The lowest BCUT2D eigenvalue weighted by atomic mass is 9.65. The summed E-state index contributed by atoms with van der Waals surface area (Å²) < 4.78 is 7.57. The van der Waals surface area contributed by atoms with Crippen LogP contribution in [0.4, 0.5) is 5.69 Å². The van der Waals surface area contributed by atoms with Gasteiger partial charge in [0.1, 0.15) is 5.75 Å². The van der Waals surface area contributed by atoms with Gasteiger partial charge in [0.2, 0.25) is 5.88 Å². The van der Waals surface area contributed by atoms with E-state index in [2.05, 4.69) is 35.9 Å². The number of para-hydroxylation sites is 1. The van der Waals surface area contributed by atoms with Crippen LogP contribution in [-0.4, -0.2) is 39.7 Å². The van der Waals surface area contributed by atoms with Crippen molar-refractivity contribution < 1.29 is 14.6 Å². The first-order chi connectivity index (χ1) is 17.1. The number of ether oxygens (including phenoxy) is 1. The number of aryl methyl sites for hydroxylation is 1. The van der Waals surface area contributed by atoms with Gasteiger partial charge in [0.25, 0.3) is 0 Å². The summed E-state index contributed by atoms with van der Waals surface area (Å²) in [5, 5.41) is 20.0. The van der Waals surface area contributed by atoms with E-state index in [0.29, 0.717) is 35.0 Å². The van der Waals surface area contributed by atoms with Crippen molar-refractivity contribution in [1.82, 2.24) is 9.47 Å². The van der Waals surface area contributed by atoms with Crippen LogP contribution in [0.15, 0.2) is 52.7 Å². The second-order valence-electron chi connectivity index (χ2n) is 11.8. The third kappa shape index (κ3) is 4.64. The van der Waals surface area contributed by atoms with Crippen molar-refractivity contribution in [3.63, 3.8) is 0 Å². The number of benzene rings is 2. The topological polar surface area (TPSA) is 79.4 Å². The number of nitrogens with zero attached hydrogens (tertiary/aromatic N) is 4. The Kier molecular flexibility index (Phi) is 6.15. The maximum absolute atomic E-state index is 12.5. The smallest absolute Gasteiger partial charge is 0.302 e. The van der Waals surface area contributed by atoms with Crippen molar-refractivity contribution in [2.24, 2.45) is 21.1 Å². The van der Waals surface area contributed by atoms with E-state index in [-0.39, 0.29) is 12.5 Å². The molecule has 1 saturated carbocycles. The van der Waals surface area contributed by atoms with Gasteiger partial charge in [-0.3, -0.25) is 14.3 Å². The predicted molar refractivity (Wildman–Crippen MR) is 141 cm³/mol. The molecule has 1 aromatic heterocycles. The molecule has 3 aromatic rings. The van der Waals surface area contributed by atoms with Gasteiger partial charge in [-0.1, -0.05) is 51.1 Å². The van der Waals surface area contributed by atoms with E-state index in [0.717, 1.165) is 35.0 Å². The van der Waals surface area contributed by atoms with Gasteiger partial charge in [-0.05, 0) is 67.2 Å². The second kappa shape index (κ2) is 9.04. The number of rotatable bonds is 6. The Labute approximate surface area is 212 Å². The molecule has 2 bridgehead atoms. The summed E-state index contributed by atoms with van der Waals surface area (Å²) in [4.78, 5) is 14.9. The molecule has 0 unspecified atom stereocenters. The molecule has 1 aliphatic carbocycles. The highest BCUT2D eigenvalue weighted by Crippen LogP contribution is 2.53. The van der Waals surface area contributed by atoms with Crippen LogP contribution in [-0.2, 0) is 11.5 Å². The number of fused-ring (bicyclic) bond motifs is 3. The van der Waals surface area contributed by atoms with Gasteiger partial charge in [-0.15, -0.1) is 10.2 Å². The number of amides is 1. The van der Waals surface area contributed by atoms with Gasteiger partial charge >= 0.3 is 5.91 Å². The lowest BCUT2D eigenvalue weighted by molar-refractivity contribution is -0.120. The first-order valence-corrected chi connectivity index (χ1v) is 12.7. The molecule has 7 heteroatoms. The average Bonchev–Trinajstić information content (AvgIpc) is 3.21. The van der Waals surface area contributed by atoms with E-state index in [9.17, 15) is 9.90 Å². The van der Waals surface area contributed by atoms with Gasteiger partial charge < -0.3 is 9.84 Å². The normalized spacial score (nSPS) is 23.5. The third-order valence-electron chi connectivity index (χ3n) is 7.93. The zero-order chi connectivity index (χ0) is 25.7. The maximum atomic E-state index is 12.5. The van der Waals surface area contributed by atoms with Crippen LogP contribution in [0.3, 0.4) is 0 Å². The van der Waals surface area contributed by atoms with Crippen LogP contribution >= 0.6 is 0 Å². The number of hydrogen-bond acceptors (Lipinski definition) is 5. The molecule has 0 spiro atoms. The van der Waals surface area contributed by atoms with Crippen LogP contribution in [0, 0.1) is 24.7 Å². The Morgan fingerprint density at radius 2 is 1.89 bits per heavy atom. The zero-order valence-corrected chi connectivity index (χ0v) is 21.9. The van der Waals surface area contributed by atoms with Crippen molar-refractivity contribution >= 4 is 22.5 Å². The van der Waals surface area contributed by atoms with E-state index >= 15 is 0 Å².